The summed E-state index contributed by atoms with van der Waals surface area (Å²) in [5.41, 5.74) is 0.373. The van der Waals surface area contributed by atoms with Gasteiger partial charge in [-0.25, -0.2) is 9.97 Å². The maximum absolute atomic E-state index is 9.03. The molecule has 2 rings (SSSR count). The molecule has 0 aliphatic rings. The normalized spacial score (nSPS) is 11.8. The van der Waals surface area contributed by atoms with E-state index in [1.54, 1.807) is 23.7 Å². The van der Waals surface area contributed by atoms with Crippen molar-refractivity contribution in [2.45, 2.75) is 19.4 Å². The maximum Gasteiger partial charge on any atom is 0.183 e. The summed E-state index contributed by atoms with van der Waals surface area (Å²) in [6.07, 6.45) is 4.10. The number of likely N-dealkylation sites (N-methyl/N-ethyl adjacent to an activating group) is 1. The number of anilines is 1. The second-order valence-electron chi connectivity index (χ2n) is 4.08. The molecule has 0 aliphatic carbocycles. The molecule has 0 saturated carbocycles. The molecule has 0 aromatic carbocycles. The number of rotatable bonds is 4. The minimum Gasteiger partial charge on any atom is -0.354 e. The molecule has 0 bridgehead atoms. The molecule has 18 heavy (non-hydrogen) atoms. The third kappa shape index (κ3) is 2.66. The van der Waals surface area contributed by atoms with Gasteiger partial charge in [-0.2, -0.15) is 5.26 Å². The first-order valence-corrected chi connectivity index (χ1v) is 6.56. The molecule has 2 aromatic heterocycles. The Morgan fingerprint density at radius 1 is 1.44 bits per heavy atom. The lowest BCUT2D eigenvalue weighted by molar-refractivity contribution is 0.677. The van der Waals surface area contributed by atoms with Crippen LogP contribution in [-0.4, -0.2) is 23.1 Å². The Bertz CT molecular complexity index is 544. The van der Waals surface area contributed by atoms with Gasteiger partial charge >= 0.3 is 0 Å². The molecule has 0 fully saturated rings. The van der Waals surface area contributed by atoms with Crippen molar-refractivity contribution in [1.29, 1.82) is 5.26 Å². The predicted molar refractivity (Wildman–Crippen MR) is 72.6 cm³/mol. The lowest BCUT2D eigenvalue weighted by Crippen LogP contribution is -2.32. The number of nitriles is 1. The van der Waals surface area contributed by atoms with E-state index in [-0.39, 0.29) is 6.04 Å². The molecule has 1 unspecified atom stereocenters. The van der Waals surface area contributed by atoms with E-state index >= 15 is 0 Å². The van der Waals surface area contributed by atoms with Gasteiger partial charge in [0.05, 0.1) is 0 Å². The fourth-order valence-corrected chi connectivity index (χ4v) is 2.56. The van der Waals surface area contributed by atoms with Gasteiger partial charge in [0.1, 0.15) is 6.07 Å². The molecular weight excluding hydrogens is 244 g/mol. The molecule has 2 heterocycles. The maximum atomic E-state index is 9.03. The first-order valence-electron chi connectivity index (χ1n) is 5.68. The average Bonchev–Trinajstić information content (AvgIpc) is 2.90. The van der Waals surface area contributed by atoms with E-state index in [0.717, 1.165) is 6.42 Å². The minimum atomic E-state index is 0.271. The molecular formula is C13H14N4S. The van der Waals surface area contributed by atoms with Crippen LogP contribution in [0.15, 0.2) is 29.9 Å². The molecule has 0 saturated heterocycles. The standard InChI is InChI=1S/C13H14N4S/c1-10(8-11-4-3-7-18-11)17(2)13-12(9-14)15-5-6-16-13/h3-7,10H,8H2,1-2H3. The Morgan fingerprint density at radius 2 is 2.22 bits per heavy atom. The molecule has 0 aliphatic heterocycles. The Labute approximate surface area is 111 Å². The summed E-state index contributed by atoms with van der Waals surface area (Å²) in [6, 6.07) is 6.52. The van der Waals surface area contributed by atoms with Crippen LogP contribution in [0.4, 0.5) is 5.82 Å². The monoisotopic (exact) mass is 258 g/mol. The summed E-state index contributed by atoms with van der Waals surface area (Å²) in [5.74, 6) is 0.643. The Balaban J connectivity index is 2.15. The fourth-order valence-electron chi connectivity index (χ4n) is 1.73. The van der Waals surface area contributed by atoms with Gasteiger partial charge in [-0.15, -0.1) is 11.3 Å². The summed E-state index contributed by atoms with van der Waals surface area (Å²) in [6.45, 7) is 2.12. The first-order chi connectivity index (χ1) is 8.72. The number of thiophene rings is 1. The molecule has 92 valence electrons. The van der Waals surface area contributed by atoms with Crippen LogP contribution in [0, 0.1) is 11.3 Å². The van der Waals surface area contributed by atoms with Crippen molar-refractivity contribution in [2.24, 2.45) is 0 Å². The number of aromatic nitrogens is 2. The van der Waals surface area contributed by atoms with Gasteiger partial charge in [0.25, 0.3) is 0 Å². The topological polar surface area (TPSA) is 52.8 Å². The molecule has 0 amide bonds. The van der Waals surface area contributed by atoms with Crippen molar-refractivity contribution in [3.63, 3.8) is 0 Å². The van der Waals surface area contributed by atoms with Gasteiger partial charge < -0.3 is 4.90 Å². The smallest absolute Gasteiger partial charge is 0.183 e. The number of hydrogen-bond donors (Lipinski definition) is 0. The van der Waals surface area contributed by atoms with E-state index in [9.17, 15) is 0 Å². The number of hydrogen-bond acceptors (Lipinski definition) is 5. The molecule has 0 N–H and O–H groups in total. The van der Waals surface area contributed by atoms with Gasteiger partial charge in [0.15, 0.2) is 11.5 Å². The SMILES string of the molecule is CC(Cc1cccs1)N(C)c1nccnc1C#N. The zero-order valence-electron chi connectivity index (χ0n) is 10.4. The van der Waals surface area contributed by atoms with Gasteiger partial charge in [-0.1, -0.05) is 6.07 Å². The minimum absolute atomic E-state index is 0.271. The molecule has 0 radical (unpaired) electrons. The summed E-state index contributed by atoms with van der Waals surface area (Å²) in [7, 11) is 1.95. The Morgan fingerprint density at radius 3 is 2.89 bits per heavy atom. The van der Waals surface area contributed by atoms with E-state index in [1.165, 1.54) is 4.88 Å². The van der Waals surface area contributed by atoms with Crippen molar-refractivity contribution in [3.05, 3.63) is 40.5 Å². The highest BCUT2D eigenvalue weighted by Gasteiger charge is 2.16. The first kappa shape index (κ1) is 12.5. The quantitative estimate of drug-likeness (QED) is 0.845. The van der Waals surface area contributed by atoms with Crippen molar-refractivity contribution in [1.82, 2.24) is 9.97 Å². The van der Waals surface area contributed by atoms with Crippen LogP contribution >= 0.6 is 11.3 Å². The number of nitrogens with zero attached hydrogens (tertiary/aromatic N) is 4. The van der Waals surface area contributed by atoms with Crippen molar-refractivity contribution in [2.75, 3.05) is 11.9 Å². The van der Waals surface area contributed by atoms with E-state index in [2.05, 4.69) is 40.5 Å². The third-order valence-corrected chi connectivity index (χ3v) is 3.76. The summed E-state index contributed by atoms with van der Waals surface area (Å²) in [4.78, 5) is 11.6. The molecule has 0 spiro atoms. The van der Waals surface area contributed by atoms with E-state index in [4.69, 9.17) is 5.26 Å². The zero-order valence-corrected chi connectivity index (χ0v) is 11.2. The van der Waals surface area contributed by atoms with Gasteiger partial charge in [-0.3, -0.25) is 0 Å². The summed E-state index contributed by atoms with van der Waals surface area (Å²) >= 11 is 1.75. The molecule has 2 aromatic rings. The van der Waals surface area contributed by atoms with Crippen LogP contribution in [0.25, 0.3) is 0 Å². The van der Waals surface area contributed by atoms with Crippen LogP contribution in [-0.2, 0) is 6.42 Å². The van der Waals surface area contributed by atoms with Gasteiger partial charge in [-0.05, 0) is 18.4 Å². The van der Waals surface area contributed by atoms with Gasteiger partial charge in [0.2, 0.25) is 0 Å². The highest BCUT2D eigenvalue weighted by molar-refractivity contribution is 7.09. The Hall–Kier alpha value is -1.93. The molecule has 1 atom stereocenters. The van der Waals surface area contributed by atoms with E-state index in [0.29, 0.717) is 11.5 Å². The third-order valence-electron chi connectivity index (χ3n) is 2.86. The van der Waals surface area contributed by atoms with E-state index in [1.807, 2.05) is 11.9 Å². The highest BCUT2D eigenvalue weighted by Crippen LogP contribution is 2.19. The van der Waals surface area contributed by atoms with Crippen LogP contribution in [0.2, 0.25) is 0 Å². The second kappa shape index (κ2) is 5.61. The molecule has 4 nitrogen and oxygen atoms in total. The fraction of sp³-hybridized carbons (Fsp3) is 0.308. The van der Waals surface area contributed by atoms with Crippen LogP contribution in [0.5, 0.6) is 0 Å². The van der Waals surface area contributed by atoms with Crippen LogP contribution < -0.4 is 4.90 Å². The van der Waals surface area contributed by atoms with E-state index < -0.39 is 0 Å². The predicted octanol–water partition coefficient (Wildman–Crippen LogP) is 2.48. The average molecular weight is 258 g/mol. The van der Waals surface area contributed by atoms with Crippen molar-refractivity contribution >= 4 is 17.2 Å². The van der Waals surface area contributed by atoms with Crippen LogP contribution in [0.1, 0.15) is 17.5 Å². The lowest BCUT2D eigenvalue weighted by atomic mass is 10.2. The van der Waals surface area contributed by atoms with Crippen molar-refractivity contribution < 1.29 is 0 Å². The van der Waals surface area contributed by atoms with Gasteiger partial charge in [0, 0.05) is 36.8 Å². The highest BCUT2D eigenvalue weighted by atomic mass is 32.1. The zero-order chi connectivity index (χ0) is 13.0. The lowest BCUT2D eigenvalue weighted by Gasteiger charge is -2.25. The van der Waals surface area contributed by atoms with Crippen LogP contribution in [0.3, 0.4) is 0 Å². The Kier molecular flexibility index (Phi) is 3.90. The largest absolute Gasteiger partial charge is 0.354 e. The summed E-state index contributed by atoms with van der Waals surface area (Å²) in [5, 5.41) is 11.1. The summed E-state index contributed by atoms with van der Waals surface area (Å²) < 4.78 is 0. The molecule has 5 heteroatoms. The van der Waals surface area contributed by atoms with Crippen molar-refractivity contribution in [3.8, 4) is 6.07 Å². The second-order valence-corrected chi connectivity index (χ2v) is 5.12.